The molecule has 2 rings (SSSR count). The van der Waals surface area contributed by atoms with E-state index in [1.807, 2.05) is 25.3 Å². The van der Waals surface area contributed by atoms with Crippen LogP contribution in [0.2, 0.25) is 0 Å². The maximum atomic E-state index is 10.3. The van der Waals surface area contributed by atoms with Crippen LogP contribution in [0.1, 0.15) is 41.0 Å². The van der Waals surface area contributed by atoms with Gasteiger partial charge in [0.25, 0.3) is 0 Å². The SMILES string of the molecule is CCCNc1nc(NC(C)(C)C(C)(C)O)c2ccsc2n1. The Morgan fingerprint density at radius 2 is 1.95 bits per heavy atom. The first-order valence-electron chi connectivity index (χ1n) is 7.24. The lowest BCUT2D eigenvalue weighted by atomic mass is 9.86. The lowest BCUT2D eigenvalue weighted by Crippen LogP contribution is -2.51. The maximum absolute atomic E-state index is 10.3. The fourth-order valence-corrected chi connectivity index (χ4v) is 2.48. The predicted molar refractivity (Wildman–Crippen MR) is 90.2 cm³/mol. The van der Waals surface area contributed by atoms with E-state index in [-0.39, 0.29) is 0 Å². The average molecular weight is 308 g/mol. The third kappa shape index (κ3) is 3.44. The van der Waals surface area contributed by atoms with Crippen LogP contribution in [0.5, 0.6) is 0 Å². The van der Waals surface area contributed by atoms with Crippen LogP contribution in [0.4, 0.5) is 11.8 Å². The summed E-state index contributed by atoms with van der Waals surface area (Å²) in [5, 5.41) is 19.9. The van der Waals surface area contributed by atoms with Gasteiger partial charge in [-0.15, -0.1) is 11.3 Å². The van der Waals surface area contributed by atoms with Crippen LogP contribution in [0, 0.1) is 0 Å². The lowest BCUT2D eigenvalue weighted by Gasteiger charge is -2.38. The molecule has 0 amide bonds. The number of hydrogen-bond donors (Lipinski definition) is 3. The second-order valence-corrected chi connectivity index (χ2v) is 7.17. The molecule has 0 aliphatic carbocycles. The van der Waals surface area contributed by atoms with Crippen molar-refractivity contribution < 1.29 is 5.11 Å². The van der Waals surface area contributed by atoms with Crippen LogP contribution >= 0.6 is 11.3 Å². The average Bonchev–Trinajstić information content (AvgIpc) is 2.83. The van der Waals surface area contributed by atoms with Crippen molar-refractivity contribution in [2.75, 3.05) is 17.2 Å². The molecule has 116 valence electrons. The van der Waals surface area contributed by atoms with Gasteiger partial charge >= 0.3 is 0 Å². The number of anilines is 2. The van der Waals surface area contributed by atoms with E-state index in [4.69, 9.17) is 0 Å². The molecule has 0 radical (unpaired) electrons. The standard InChI is InChI=1S/C15H24N4OS/c1-6-8-16-13-17-11(10-7-9-21-12(10)18-13)19-14(2,3)15(4,5)20/h7,9,20H,6,8H2,1-5H3,(H2,16,17,18,19). The van der Waals surface area contributed by atoms with Crippen LogP contribution < -0.4 is 10.6 Å². The van der Waals surface area contributed by atoms with Crippen LogP contribution in [-0.4, -0.2) is 32.8 Å². The van der Waals surface area contributed by atoms with Gasteiger partial charge in [-0.1, -0.05) is 6.92 Å². The van der Waals surface area contributed by atoms with Crippen molar-refractivity contribution in [3.63, 3.8) is 0 Å². The van der Waals surface area contributed by atoms with Crippen molar-refractivity contribution in [2.45, 2.75) is 52.2 Å². The van der Waals surface area contributed by atoms with Gasteiger partial charge in [0.15, 0.2) is 0 Å². The lowest BCUT2D eigenvalue weighted by molar-refractivity contribution is 0.0239. The minimum Gasteiger partial charge on any atom is -0.388 e. The normalized spacial score (nSPS) is 12.7. The van der Waals surface area contributed by atoms with Crippen molar-refractivity contribution in [1.29, 1.82) is 0 Å². The first kappa shape index (κ1) is 16.0. The highest BCUT2D eigenvalue weighted by Gasteiger charge is 2.35. The summed E-state index contributed by atoms with van der Waals surface area (Å²) in [6, 6.07) is 2.01. The van der Waals surface area contributed by atoms with Crippen molar-refractivity contribution >= 4 is 33.3 Å². The first-order chi connectivity index (χ1) is 9.74. The molecule has 0 unspecified atom stereocenters. The highest BCUT2D eigenvalue weighted by Crippen LogP contribution is 2.31. The molecule has 0 aromatic carbocycles. The summed E-state index contributed by atoms with van der Waals surface area (Å²) < 4.78 is 0. The fourth-order valence-electron chi connectivity index (χ4n) is 1.72. The predicted octanol–water partition coefficient (Wildman–Crippen LogP) is 3.47. The summed E-state index contributed by atoms with van der Waals surface area (Å²) in [7, 11) is 0. The second-order valence-electron chi connectivity index (χ2n) is 6.27. The highest BCUT2D eigenvalue weighted by molar-refractivity contribution is 7.16. The number of nitrogens with zero attached hydrogens (tertiary/aromatic N) is 2. The first-order valence-corrected chi connectivity index (χ1v) is 8.12. The van der Waals surface area contributed by atoms with E-state index in [1.54, 1.807) is 25.2 Å². The summed E-state index contributed by atoms with van der Waals surface area (Å²) in [6.07, 6.45) is 1.02. The maximum Gasteiger partial charge on any atom is 0.226 e. The number of thiophene rings is 1. The number of nitrogens with one attached hydrogen (secondary N) is 2. The second kappa shape index (κ2) is 5.77. The third-order valence-corrected chi connectivity index (χ3v) is 4.63. The smallest absolute Gasteiger partial charge is 0.226 e. The molecule has 0 atom stereocenters. The number of rotatable bonds is 6. The molecular formula is C15H24N4OS. The van der Waals surface area contributed by atoms with Crippen LogP contribution in [0.15, 0.2) is 11.4 Å². The van der Waals surface area contributed by atoms with E-state index in [2.05, 4.69) is 27.5 Å². The van der Waals surface area contributed by atoms with E-state index in [9.17, 15) is 5.11 Å². The molecule has 2 aromatic heterocycles. The number of hydrogen-bond acceptors (Lipinski definition) is 6. The van der Waals surface area contributed by atoms with Gasteiger partial charge in [0.05, 0.1) is 16.5 Å². The molecule has 21 heavy (non-hydrogen) atoms. The quantitative estimate of drug-likeness (QED) is 0.762. The summed E-state index contributed by atoms with van der Waals surface area (Å²) >= 11 is 1.59. The molecule has 2 heterocycles. The Balaban J connectivity index is 2.39. The Morgan fingerprint density at radius 3 is 2.57 bits per heavy atom. The monoisotopic (exact) mass is 308 g/mol. The molecule has 3 N–H and O–H groups in total. The van der Waals surface area contributed by atoms with Crippen LogP contribution in [0.3, 0.4) is 0 Å². The molecular weight excluding hydrogens is 284 g/mol. The highest BCUT2D eigenvalue weighted by atomic mass is 32.1. The van der Waals surface area contributed by atoms with Gasteiger partial charge in [0.2, 0.25) is 5.95 Å². The molecule has 0 aliphatic rings. The Hall–Kier alpha value is -1.40. The molecule has 6 heteroatoms. The molecule has 0 fully saturated rings. The van der Waals surface area contributed by atoms with E-state index in [0.717, 1.165) is 29.0 Å². The fraction of sp³-hybridized carbons (Fsp3) is 0.600. The number of aromatic nitrogens is 2. The van der Waals surface area contributed by atoms with Gasteiger partial charge in [-0.25, -0.2) is 4.98 Å². The van der Waals surface area contributed by atoms with Gasteiger partial charge in [0, 0.05) is 6.54 Å². The van der Waals surface area contributed by atoms with Crippen LogP contribution in [0.25, 0.3) is 10.2 Å². The minimum atomic E-state index is -0.878. The number of aliphatic hydroxyl groups is 1. The largest absolute Gasteiger partial charge is 0.388 e. The van der Waals surface area contributed by atoms with E-state index >= 15 is 0 Å². The van der Waals surface area contributed by atoms with Crippen molar-refractivity contribution in [3.05, 3.63) is 11.4 Å². The Labute approximate surface area is 129 Å². The van der Waals surface area contributed by atoms with Gasteiger partial charge < -0.3 is 15.7 Å². The molecule has 0 aliphatic heterocycles. The zero-order valence-corrected chi connectivity index (χ0v) is 14.1. The molecule has 0 spiro atoms. The van der Waals surface area contributed by atoms with E-state index < -0.39 is 11.1 Å². The van der Waals surface area contributed by atoms with E-state index in [1.165, 1.54) is 0 Å². The van der Waals surface area contributed by atoms with Gasteiger partial charge in [-0.3, -0.25) is 0 Å². The topological polar surface area (TPSA) is 70.1 Å². The van der Waals surface area contributed by atoms with Crippen molar-refractivity contribution in [3.8, 4) is 0 Å². The molecule has 0 saturated heterocycles. The van der Waals surface area contributed by atoms with Gasteiger partial charge in [-0.2, -0.15) is 4.98 Å². The van der Waals surface area contributed by atoms with Crippen LogP contribution in [-0.2, 0) is 0 Å². The van der Waals surface area contributed by atoms with Crippen molar-refractivity contribution in [1.82, 2.24) is 9.97 Å². The molecule has 0 bridgehead atoms. The molecule has 0 saturated carbocycles. The van der Waals surface area contributed by atoms with Gasteiger partial charge in [0.1, 0.15) is 10.6 Å². The summed E-state index contributed by atoms with van der Waals surface area (Å²) in [6.45, 7) is 10.5. The number of fused-ring (bicyclic) bond motifs is 1. The Bertz CT molecular complexity index is 616. The van der Waals surface area contributed by atoms with Crippen molar-refractivity contribution in [2.24, 2.45) is 0 Å². The summed E-state index contributed by atoms with van der Waals surface area (Å²) in [5.74, 6) is 1.38. The summed E-state index contributed by atoms with van der Waals surface area (Å²) in [4.78, 5) is 10.0. The molecule has 5 nitrogen and oxygen atoms in total. The Morgan fingerprint density at radius 1 is 1.24 bits per heavy atom. The summed E-state index contributed by atoms with van der Waals surface area (Å²) in [5.41, 5.74) is -1.39. The minimum absolute atomic E-state index is 0.516. The molecule has 2 aromatic rings. The van der Waals surface area contributed by atoms with Gasteiger partial charge in [-0.05, 0) is 45.6 Å². The zero-order chi connectivity index (χ0) is 15.7. The third-order valence-electron chi connectivity index (χ3n) is 3.82. The Kier molecular flexibility index (Phi) is 4.39. The zero-order valence-electron chi connectivity index (χ0n) is 13.3. The van der Waals surface area contributed by atoms with E-state index in [0.29, 0.717) is 5.95 Å².